The van der Waals surface area contributed by atoms with Gasteiger partial charge in [-0.15, -0.1) is 0 Å². The summed E-state index contributed by atoms with van der Waals surface area (Å²) in [6.07, 6.45) is 0. The Bertz CT molecular complexity index is 2770. The first-order valence-corrected chi connectivity index (χ1v) is 20.3. The molecule has 0 saturated carbocycles. The van der Waals surface area contributed by atoms with Gasteiger partial charge in [-0.2, -0.15) is 0 Å². The number of fused-ring (bicyclic) bond motifs is 8. The summed E-state index contributed by atoms with van der Waals surface area (Å²) in [7, 11) is -1.93. The van der Waals surface area contributed by atoms with Gasteiger partial charge in [-0.3, -0.25) is 0 Å². The average molecular weight is 639 g/mol. The minimum absolute atomic E-state index is 1.24. The lowest BCUT2D eigenvalue weighted by Gasteiger charge is -2.23. The molecule has 0 aromatic heterocycles. The molecule has 0 radical (unpaired) electrons. The highest BCUT2D eigenvalue weighted by molar-refractivity contribution is 7.04. The molecular formula is C48H34Si. The van der Waals surface area contributed by atoms with Crippen LogP contribution in [0, 0.1) is 0 Å². The van der Waals surface area contributed by atoms with Crippen LogP contribution in [0.25, 0.3) is 87.6 Å². The minimum Gasteiger partial charge on any atom is -0.0623 e. The van der Waals surface area contributed by atoms with Crippen molar-refractivity contribution in [1.29, 1.82) is 0 Å². The predicted octanol–water partition coefficient (Wildman–Crippen LogP) is 12.1. The lowest BCUT2D eigenvalue weighted by atomic mass is 9.82. The van der Waals surface area contributed by atoms with Gasteiger partial charge < -0.3 is 0 Å². The monoisotopic (exact) mass is 638 g/mol. The maximum absolute atomic E-state index is 2.60. The zero-order valence-electron chi connectivity index (χ0n) is 27.7. The van der Waals surface area contributed by atoms with Gasteiger partial charge in [0.05, 0.1) is 0 Å². The van der Waals surface area contributed by atoms with Gasteiger partial charge in [-0.05, 0) is 116 Å². The Morgan fingerprint density at radius 3 is 1.71 bits per heavy atom. The molecule has 0 spiro atoms. The second-order valence-electron chi connectivity index (χ2n) is 14.0. The van der Waals surface area contributed by atoms with Crippen molar-refractivity contribution in [3.8, 4) is 44.5 Å². The highest BCUT2D eigenvalue weighted by Gasteiger charge is 2.38. The Morgan fingerprint density at radius 1 is 0.306 bits per heavy atom. The van der Waals surface area contributed by atoms with Crippen molar-refractivity contribution in [3.05, 3.63) is 170 Å². The van der Waals surface area contributed by atoms with E-state index in [0.29, 0.717) is 0 Å². The van der Waals surface area contributed by atoms with Gasteiger partial charge in [0.2, 0.25) is 0 Å². The van der Waals surface area contributed by atoms with E-state index in [4.69, 9.17) is 0 Å². The summed E-state index contributed by atoms with van der Waals surface area (Å²) in [5, 5.41) is 13.5. The SMILES string of the molecule is C[Si]1(C)c2ccccc2-c2cc3c(-c4cc5ccccc5c5ccccc45)c4ccc(-c5ccccc5)cc4c(-c4ccccc4)c3cc21. The van der Waals surface area contributed by atoms with Crippen molar-refractivity contribution >= 4 is 61.5 Å². The quantitative estimate of drug-likeness (QED) is 0.103. The summed E-state index contributed by atoms with van der Waals surface area (Å²) >= 11 is 0. The first-order valence-electron chi connectivity index (χ1n) is 17.3. The Labute approximate surface area is 287 Å². The highest BCUT2D eigenvalue weighted by Crippen LogP contribution is 2.48. The first-order chi connectivity index (χ1) is 24.1. The molecule has 1 aliphatic heterocycles. The van der Waals surface area contributed by atoms with E-state index >= 15 is 0 Å². The van der Waals surface area contributed by atoms with Gasteiger partial charge in [0.1, 0.15) is 8.07 Å². The van der Waals surface area contributed by atoms with Crippen LogP contribution in [-0.2, 0) is 0 Å². The molecule has 0 nitrogen and oxygen atoms in total. The van der Waals surface area contributed by atoms with Gasteiger partial charge in [0.15, 0.2) is 0 Å². The third-order valence-electron chi connectivity index (χ3n) is 11.0. The normalized spacial score (nSPS) is 13.3. The van der Waals surface area contributed by atoms with Crippen molar-refractivity contribution in [2.45, 2.75) is 13.1 Å². The molecule has 0 saturated heterocycles. The summed E-state index contributed by atoms with van der Waals surface area (Å²) < 4.78 is 0. The molecule has 9 aromatic rings. The van der Waals surface area contributed by atoms with E-state index in [1.807, 2.05) is 0 Å². The van der Waals surface area contributed by atoms with Gasteiger partial charge in [-0.1, -0.05) is 165 Å². The number of hydrogen-bond acceptors (Lipinski definition) is 0. The van der Waals surface area contributed by atoms with E-state index in [1.54, 1.807) is 0 Å². The molecule has 49 heavy (non-hydrogen) atoms. The van der Waals surface area contributed by atoms with Crippen molar-refractivity contribution in [1.82, 2.24) is 0 Å². The smallest absolute Gasteiger partial charge is 0.0623 e. The summed E-state index contributed by atoms with van der Waals surface area (Å²) in [4.78, 5) is 0. The molecule has 10 rings (SSSR count). The molecule has 0 N–H and O–H groups in total. The summed E-state index contributed by atoms with van der Waals surface area (Å²) in [6, 6.07) is 63.6. The van der Waals surface area contributed by atoms with Crippen molar-refractivity contribution in [2.24, 2.45) is 0 Å². The second-order valence-corrected chi connectivity index (χ2v) is 18.4. The van der Waals surface area contributed by atoms with Crippen LogP contribution in [-0.4, -0.2) is 8.07 Å². The molecule has 0 amide bonds. The molecule has 1 heterocycles. The van der Waals surface area contributed by atoms with E-state index in [1.165, 1.54) is 98.0 Å². The van der Waals surface area contributed by atoms with E-state index in [2.05, 4.69) is 183 Å². The first kappa shape index (κ1) is 28.3. The minimum atomic E-state index is -1.93. The van der Waals surface area contributed by atoms with Crippen LogP contribution < -0.4 is 10.4 Å². The van der Waals surface area contributed by atoms with Crippen LogP contribution in [0.1, 0.15) is 0 Å². The van der Waals surface area contributed by atoms with Crippen LogP contribution >= 0.6 is 0 Å². The van der Waals surface area contributed by atoms with Crippen LogP contribution in [0.2, 0.25) is 13.1 Å². The third kappa shape index (κ3) is 4.16. The predicted molar refractivity (Wildman–Crippen MR) is 215 cm³/mol. The van der Waals surface area contributed by atoms with Gasteiger partial charge in [0, 0.05) is 0 Å². The summed E-state index contributed by atoms with van der Waals surface area (Å²) in [6.45, 7) is 5.05. The van der Waals surface area contributed by atoms with E-state index in [-0.39, 0.29) is 0 Å². The zero-order valence-corrected chi connectivity index (χ0v) is 28.7. The number of hydrogen-bond donors (Lipinski definition) is 0. The summed E-state index contributed by atoms with van der Waals surface area (Å²) in [5.41, 5.74) is 10.5. The molecule has 0 aliphatic carbocycles. The van der Waals surface area contributed by atoms with Crippen molar-refractivity contribution in [2.75, 3.05) is 0 Å². The van der Waals surface area contributed by atoms with E-state index < -0.39 is 8.07 Å². The molecule has 0 unspecified atom stereocenters. The summed E-state index contributed by atoms with van der Waals surface area (Å²) in [5.74, 6) is 0. The van der Waals surface area contributed by atoms with Crippen LogP contribution in [0.3, 0.4) is 0 Å². The fourth-order valence-corrected chi connectivity index (χ4v) is 11.8. The Hall–Kier alpha value is -5.76. The van der Waals surface area contributed by atoms with Crippen molar-refractivity contribution in [3.63, 3.8) is 0 Å². The van der Waals surface area contributed by atoms with Crippen LogP contribution in [0.5, 0.6) is 0 Å². The maximum atomic E-state index is 2.60. The fourth-order valence-electron chi connectivity index (χ4n) is 8.70. The van der Waals surface area contributed by atoms with E-state index in [0.717, 1.165) is 0 Å². The molecular weight excluding hydrogens is 605 g/mol. The number of benzene rings is 9. The molecule has 0 fully saturated rings. The van der Waals surface area contributed by atoms with Crippen LogP contribution in [0.15, 0.2) is 170 Å². The maximum Gasteiger partial charge on any atom is 0.113 e. The average Bonchev–Trinajstić information content (AvgIpc) is 3.38. The largest absolute Gasteiger partial charge is 0.113 e. The molecule has 9 aromatic carbocycles. The fraction of sp³-hybridized carbons (Fsp3) is 0.0417. The zero-order chi connectivity index (χ0) is 32.7. The van der Waals surface area contributed by atoms with Crippen molar-refractivity contribution < 1.29 is 0 Å². The lowest BCUT2D eigenvalue weighted by Crippen LogP contribution is -2.49. The van der Waals surface area contributed by atoms with Gasteiger partial charge in [-0.25, -0.2) is 0 Å². The Morgan fingerprint density at radius 2 is 0.918 bits per heavy atom. The van der Waals surface area contributed by atoms with Crippen LogP contribution in [0.4, 0.5) is 0 Å². The molecule has 0 bridgehead atoms. The van der Waals surface area contributed by atoms with Gasteiger partial charge in [0.25, 0.3) is 0 Å². The standard InChI is InChI=1S/C48H34Si/c1-49(2)45-24-14-13-23-38(45)40-29-43-44(30-46(40)49)47(32-17-7-4-8-18-32)42-27-33(31-15-5-3-6-16-31)25-26-39(42)48(43)41-28-34-19-9-10-20-35(34)36-21-11-12-22-37(36)41/h3-30H,1-2H3. The Balaban J connectivity index is 1.45. The van der Waals surface area contributed by atoms with Gasteiger partial charge >= 0.3 is 0 Å². The molecule has 230 valence electrons. The molecule has 1 heteroatoms. The second kappa shape index (κ2) is 10.6. The third-order valence-corrected chi connectivity index (χ3v) is 14.6. The molecule has 1 aliphatic rings. The topological polar surface area (TPSA) is 0 Å². The highest BCUT2D eigenvalue weighted by atomic mass is 28.3. The molecule has 0 atom stereocenters. The number of rotatable bonds is 3. The lowest BCUT2D eigenvalue weighted by molar-refractivity contribution is 1.64. The van der Waals surface area contributed by atoms with E-state index in [9.17, 15) is 0 Å². The Kier molecular flexibility index (Phi) is 6.13.